The summed E-state index contributed by atoms with van der Waals surface area (Å²) in [7, 11) is 14.1. The van der Waals surface area contributed by atoms with Gasteiger partial charge in [-0.3, -0.25) is 36.1 Å². The number of aromatic nitrogens is 2. The van der Waals surface area contributed by atoms with E-state index in [0.29, 0.717) is 44.0 Å². The topological polar surface area (TPSA) is 215 Å². The second-order valence-electron chi connectivity index (χ2n) is 15.9. The Balaban J connectivity index is 0.000000655. The third-order valence-electron chi connectivity index (χ3n) is 9.47. The third kappa shape index (κ3) is 35.3. The van der Waals surface area contributed by atoms with Crippen molar-refractivity contribution in [3.63, 3.8) is 0 Å². The Morgan fingerprint density at radius 2 is 1.20 bits per heavy atom. The van der Waals surface area contributed by atoms with Crippen LogP contribution in [0.25, 0.3) is 0 Å². The first-order valence-corrected chi connectivity index (χ1v) is 20.7. The van der Waals surface area contributed by atoms with Gasteiger partial charge in [-0.2, -0.15) is 5.01 Å². The number of benzene rings is 1. The van der Waals surface area contributed by atoms with Crippen LogP contribution in [0.1, 0.15) is 24.6 Å². The van der Waals surface area contributed by atoms with Gasteiger partial charge >= 0.3 is 0 Å². The molecule has 5 aliphatic rings. The van der Waals surface area contributed by atoms with E-state index in [4.69, 9.17) is 11.5 Å². The minimum absolute atomic E-state index is 0.130. The van der Waals surface area contributed by atoms with E-state index in [-0.39, 0.29) is 5.96 Å². The average molecular weight is 840 g/mol. The highest BCUT2D eigenvalue weighted by Crippen LogP contribution is 2.00. The lowest BCUT2D eigenvalue weighted by molar-refractivity contribution is -0.577. The Kier molecular flexibility index (Phi) is 32.7. The molecule has 1 aromatic heterocycles. The zero-order chi connectivity index (χ0) is 44.6. The molecule has 5 saturated heterocycles. The highest BCUT2D eigenvalue weighted by Gasteiger charge is 2.21. The molecule has 342 valence electrons. The number of aryl methyl sites for hydroxylation is 2. The van der Waals surface area contributed by atoms with Gasteiger partial charge in [0.05, 0.1) is 58.4 Å². The molecule has 0 aliphatic carbocycles. The van der Waals surface area contributed by atoms with Crippen molar-refractivity contribution in [1.29, 1.82) is 0 Å². The number of guanidine groups is 1. The van der Waals surface area contributed by atoms with Crippen molar-refractivity contribution in [3.8, 4) is 0 Å². The molecule has 1 aromatic carbocycles. The van der Waals surface area contributed by atoms with Crippen LogP contribution in [0.4, 0.5) is 4.48 Å². The van der Waals surface area contributed by atoms with Gasteiger partial charge in [0.1, 0.15) is 6.04 Å². The van der Waals surface area contributed by atoms with Gasteiger partial charge in [0.25, 0.3) is 0 Å². The maximum absolute atomic E-state index is 12.2. The summed E-state index contributed by atoms with van der Waals surface area (Å²) in [5.41, 5.74) is 15.9. The zero-order valence-electron chi connectivity index (χ0n) is 38.5. The largest absolute Gasteiger partial charge is 0.370 e. The van der Waals surface area contributed by atoms with Gasteiger partial charge in [0.15, 0.2) is 11.7 Å². The molecule has 1 unspecified atom stereocenters. The van der Waals surface area contributed by atoms with Gasteiger partial charge in [-0.1, -0.05) is 35.9 Å². The van der Waals surface area contributed by atoms with Crippen molar-refractivity contribution in [3.05, 3.63) is 54.1 Å². The monoisotopic (exact) mass is 840 g/mol. The fourth-order valence-electron chi connectivity index (χ4n) is 5.37. The van der Waals surface area contributed by atoms with Crippen molar-refractivity contribution in [2.45, 2.75) is 39.4 Å². The summed E-state index contributed by atoms with van der Waals surface area (Å²) in [4.78, 5) is 34.2. The summed E-state index contributed by atoms with van der Waals surface area (Å²) in [6.07, 6.45) is 4.59. The van der Waals surface area contributed by atoms with E-state index >= 15 is 0 Å². The van der Waals surface area contributed by atoms with Gasteiger partial charge in [0, 0.05) is 84.4 Å². The second-order valence-corrected chi connectivity index (χ2v) is 15.9. The number of aromatic amines is 1. The number of piperidine rings is 1. The molecule has 13 N–H and O–H groups in total. The van der Waals surface area contributed by atoms with Crippen LogP contribution >= 0.6 is 0 Å². The molecule has 7 rings (SSSR count). The molecule has 0 radical (unpaired) electrons. The first-order chi connectivity index (χ1) is 27.9. The number of H-pyrrole nitrogens is 1. The predicted octanol–water partition coefficient (Wildman–Crippen LogP) is -2.15. The number of hydrogen-bond acceptors (Lipinski definition) is 13. The lowest BCUT2D eigenvalue weighted by Crippen LogP contribution is -2.71. The number of halogens is 1. The number of hydrogen-bond donors (Lipinski definition) is 7. The van der Waals surface area contributed by atoms with Crippen LogP contribution in [0.2, 0.25) is 0 Å². The summed E-state index contributed by atoms with van der Waals surface area (Å²) in [5.74, 6) is 4.29. The van der Waals surface area contributed by atoms with Gasteiger partial charge in [-0.05, 0) is 63.1 Å². The highest BCUT2D eigenvalue weighted by molar-refractivity contribution is 5.81. The summed E-state index contributed by atoms with van der Waals surface area (Å²) in [5, 5.41) is 9.47. The number of ketones is 1. The highest BCUT2D eigenvalue weighted by atomic mass is 19.2. The standard InChI is InChI=1S/C7H8.C6H12N2O.C6H14N2.C5H11FN2.2C5H13N3.C4H6N2.C2H7N3/c1-7-5-3-2-4-6-7;1-8-3-5(7)2-6(9)4-8;1-7-3-5-8(2)6-4-7;1-7-2-4-8(6)5-3-7;1-5-6-3-8(2)4-7-5;1-7-2-4-8(6)5-3-7;1-4-2-5-3-6-4;1-5-2(3)4/h2-6H,1H3;5H,2-4,7H2,1H3;3-6H2,1-2H3;2-5H2,1H3;5-7H,3-4H2,1-2H3;2-6H2,1H3;2-3H,1H3,(H,5,6);1H3,(H4,3,4,5)/p+2. The number of imidazole rings is 1. The molecular weight excluding hydrogens is 754 g/mol. The van der Waals surface area contributed by atoms with Crippen molar-refractivity contribution in [2.75, 3.05) is 154 Å². The Hall–Kier alpha value is -3.18. The van der Waals surface area contributed by atoms with Crippen LogP contribution in [0.15, 0.2) is 47.8 Å². The van der Waals surface area contributed by atoms with E-state index in [2.05, 4.69) is 121 Å². The maximum atomic E-state index is 12.2. The van der Waals surface area contributed by atoms with E-state index in [0.717, 1.165) is 56.9 Å². The number of nitrogens with one attached hydrogen (secondary N) is 3. The number of nitrogens with two attached hydrogens (primary N) is 2. The van der Waals surface area contributed by atoms with Crippen LogP contribution in [0.3, 0.4) is 0 Å². The summed E-state index contributed by atoms with van der Waals surface area (Å²) < 4.78 is 12.2. The Morgan fingerprint density at radius 1 is 0.763 bits per heavy atom. The minimum atomic E-state index is 0.130. The molecule has 0 spiro atoms. The normalized spacial score (nSPS) is 21.4. The number of carbonyl (C=O) groups is 1. The Morgan fingerprint density at radius 3 is 1.47 bits per heavy atom. The molecule has 0 saturated carbocycles. The number of carbonyl (C=O) groups excluding carboxylic acids is 1. The molecule has 2 aromatic rings. The molecule has 1 atom stereocenters. The van der Waals surface area contributed by atoms with Crippen molar-refractivity contribution in [1.82, 2.24) is 60.1 Å². The molecule has 5 fully saturated rings. The van der Waals surface area contributed by atoms with Crippen molar-refractivity contribution >= 4 is 11.7 Å². The molecular formula is C40H86FN17O+2. The predicted molar refractivity (Wildman–Crippen MR) is 240 cm³/mol. The van der Waals surface area contributed by atoms with Gasteiger partial charge in [0.2, 0.25) is 0 Å². The van der Waals surface area contributed by atoms with E-state index in [1.165, 1.54) is 51.9 Å². The number of quaternary nitrogens is 2. The molecule has 19 heteroatoms. The van der Waals surface area contributed by atoms with Crippen molar-refractivity contribution < 1.29 is 20.9 Å². The van der Waals surface area contributed by atoms with E-state index in [1.807, 2.05) is 44.1 Å². The molecule has 5 aliphatic heterocycles. The number of likely N-dealkylation sites (tertiary alicyclic amines) is 1. The minimum Gasteiger partial charge on any atom is -0.370 e. The summed E-state index contributed by atoms with van der Waals surface area (Å²) in [6, 6.07) is 10.6. The van der Waals surface area contributed by atoms with Gasteiger partial charge < -0.3 is 41.8 Å². The molecule has 0 amide bonds. The SMILES string of the molecule is CC1NCN(C)CN1.CN1CC(=O)CC([NH3+])C1.CN1CCN(C)CC1.CN1CCN(F)CC1.CN1CCN([NH3+])CC1.CN=C(N)N.Cc1ccccc1.Cc1cnc[nH]1. The molecule has 59 heavy (non-hydrogen) atoms. The molecule has 6 heterocycles. The Labute approximate surface area is 356 Å². The first-order valence-electron chi connectivity index (χ1n) is 20.7. The molecule has 0 bridgehead atoms. The van der Waals surface area contributed by atoms with Crippen molar-refractivity contribution in [2.24, 2.45) is 16.5 Å². The smallest absolute Gasteiger partial charge is 0.185 e. The molecule has 18 nitrogen and oxygen atoms in total. The van der Waals surface area contributed by atoms with Crippen LogP contribution in [0, 0.1) is 13.8 Å². The van der Waals surface area contributed by atoms with Crippen LogP contribution in [0.5, 0.6) is 0 Å². The fourth-order valence-corrected chi connectivity index (χ4v) is 5.37. The lowest BCUT2D eigenvalue weighted by atomic mass is 10.1. The summed E-state index contributed by atoms with van der Waals surface area (Å²) in [6.45, 7) is 22.1. The van der Waals surface area contributed by atoms with Crippen LogP contribution < -0.4 is 33.7 Å². The third-order valence-corrected chi connectivity index (χ3v) is 9.47. The van der Waals surface area contributed by atoms with Gasteiger partial charge in [-0.15, -0.1) is 9.60 Å². The number of aliphatic imine (C=N–C) groups is 1. The van der Waals surface area contributed by atoms with Gasteiger partial charge in [-0.25, -0.2) is 4.98 Å². The first kappa shape index (κ1) is 55.8. The van der Waals surface area contributed by atoms with Crippen LogP contribution in [-0.4, -0.2) is 228 Å². The number of rotatable bonds is 0. The van der Waals surface area contributed by atoms with Crippen LogP contribution in [-0.2, 0) is 4.79 Å². The van der Waals surface area contributed by atoms with E-state index < -0.39 is 0 Å². The zero-order valence-corrected chi connectivity index (χ0v) is 38.5. The number of piperazine rings is 3. The second kappa shape index (κ2) is 34.5. The number of Topliss-reactive ketones (excluding diaryl/α,β-unsaturated/α-hetero) is 1. The summed E-state index contributed by atoms with van der Waals surface area (Å²) >= 11 is 0. The maximum Gasteiger partial charge on any atom is 0.185 e. The quantitative estimate of drug-likeness (QED) is 0.0857. The fraction of sp³-hybridized carbons (Fsp3) is 0.725. The van der Waals surface area contributed by atoms with E-state index in [1.54, 1.807) is 12.5 Å². The Bertz CT molecular complexity index is 1130. The average Bonchev–Trinajstić information content (AvgIpc) is 3.68. The van der Waals surface area contributed by atoms with E-state index in [9.17, 15) is 9.28 Å². The number of likely N-dealkylation sites (N-methyl/N-ethyl adjacent to an activating group) is 5. The lowest BCUT2D eigenvalue weighted by Gasteiger charge is -2.29. The number of nitrogens with zero attached hydrogens (tertiary/aromatic N) is 10.